The molecule has 1 aromatic heterocycles. The molecule has 0 amide bonds. The Morgan fingerprint density at radius 1 is 1.21 bits per heavy atom. The van der Waals surface area contributed by atoms with Crippen LogP contribution in [0.2, 0.25) is 0 Å². The first kappa shape index (κ1) is 24.3. The van der Waals surface area contributed by atoms with Gasteiger partial charge in [0.1, 0.15) is 22.9 Å². The molecule has 34 heavy (non-hydrogen) atoms. The maximum Gasteiger partial charge on any atom is 0.329 e. The molecule has 2 N–H and O–H groups in total. The van der Waals surface area contributed by atoms with Gasteiger partial charge in [-0.15, -0.1) is 0 Å². The third-order valence-electron chi connectivity index (χ3n) is 6.52. The zero-order valence-electron chi connectivity index (χ0n) is 20.4. The molecule has 2 aliphatic rings. The van der Waals surface area contributed by atoms with Gasteiger partial charge in [-0.1, -0.05) is 0 Å². The first-order chi connectivity index (χ1) is 16.4. The highest BCUT2D eigenvalue weighted by Gasteiger charge is 2.40. The number of aliphatic carboxylic acids is 1. The van der Waals surface area contributed by atoms with Gasteiger partial charge in [0.25, 0.3) is 0 Å². The second-order valence-corrected chi connectivity index (χ2v) is 9.00. The maximum atomic E-state index is 12.2. The topological polar surface area (TPSA) is 99.1 Å². The van der Waals surface area contributed by atoms with Crippen molar-refractivity contribution in [2.24, 2.45) is 0 Å². The number of ether oxygens (including phenoxy) is 4. The van der Waals surface area contributed by atoms with Gasteiger partial charge < -0.3 is 29.4 Å². The number of pyridine rings is 1. The van der Waals surface area contributed by atoms with Gasteiger partial charge in [-0.2, -0.15) is 0 Å². The molecule has 1 aliphatic carbocycles. The molecule has 0 bridgehead atoms. The number of carboxylic acid groups (broad SMARTS) is 1. The van der Waals surface area contributed by atoms with E-state index in [4.69, 9.17) is 23.9 Å². The van der Waals surface area contributed by atoms with Crippen LogP contribution in [0.4, 0.5) is 5.82 Å². The average molecular weight is 471 g/mol. The number of nitrogens with one attached hydrogen (secondary N) is 1. The number of carbonyl (C=O) groups is 1. The minimum atomic E-state index is -1.09. The standard InChI is InChI=1S/C26H34N2O6/c1-5-33-22-13-18(12-21(31-4)16(22)2)24-17(3)27-23(14-19(24)15-34-20-6-7-20)28-26(25(29)30)8-10-32-11-9-26/h12-14,20H,5-11,15H2,1-4H3,(H,27,28)(H,29,30). The van der Waals surface area contributed by atoms with Gasteiger partial charge in [-0.05, 0) is 62.9 Å². The molecular weight excluding hydrogens is 436 g/mol. The van der Waals surface area contributed by atoms with Crippen molar-refractivity contribution in [1.29, 1.82) is 0 Å². The molecule has 2 aromatic rings. The lowest BCUT2D eigenvalue weighted by molar-refractivity contribution is -0.145. The summed E-state index contributed by atoms with van der Waals surface area (Å²) in [7, 11) is 1.65. The number of rotatable bonds is 10. The number of benzene rings is 1. The van der Waals surface area contributed by atoms with Gasteiger partial charge in [-0.25, -0.2) is 9.78 Å². The van der Waals surface area contributed by atoms with E-state index in [1.165, 1.54) is 0 Å². The Bertz CT molecular complexity index is 1040. The van der Waals surface area contributed by atoms with Crippen molar-refractivity contribution < 1.29 is 28.8 Å². The molecule has 8 heteroatoms. The largest absolute Gasteiger partial charge is 0.496 e. The highest BCUT2D eigenvalue weighted by atomic mass is 16.5. The average Bonchev–Trinajstić information content (AvgIpc) is 3.64. The zero-order chi connectivity index (χ0) is 24.3. The summed E-state index contributed by atoms with van der Waals surface area (Å²) in [5, 5.41) is 13.2. The Kier molecular flexibility index (Phi) is 7.28. The van der Waals surface area contributed by atoms with Crippen LogP contribution in [0.3, 0.4) is 0 Å². The van der Waals surface area contributed by atoms with Crippen LogP contribution in [-0.4, -0.2) is 54.6 Å². The number of carboxylic acids is 1. The van der Waals surface area contributed by atoms with Crippen molar-refractivity contribution in [2.75, 3.05) is 32.2 Å². The highest BCUT2D eigenvalue weighted by molar-refractivity contribution is 5.83. The Morgan fingerprint density at radius 2 is 1.91 bits per heavy atom. The van der Waals surface area contributed by atoms with Crippen LogP contribution in [0, 0.1) is 13.8 Å². The first-order valence-electron chi connectivity index (χ1n) is 11.9. The predicted octanol–water partition coefficient (Wildman–Crippen LogP) is 4.50. The SMILES string of the molecule is CCOc1cc(-c2c(COC3CC3)cc(NC3(C(=O)O)CCOCC3)nc2C)cc(OC)c1C. The van der Waals surface area contributed by atoms with Crippen molar-refractivity contribution in [1.82, 2.24) is 4.98 Å². The fourth-order valence-corrected chi connectivity index (χ4v) is 4.43. The summed E-state index contributed by atoms with van der Waals surface area (Å²) in [5.74, 6) is 1.15. The van der Waals surface area contributed by atoms with E-state index in [9.17, 15) is 9.90 Å². The number of hydrogen-bond donors (Lipinski definition) is 2. The van der Waals surface area contributed by atoms with Crippen molar-refractivity contribution >= 4 is 11.8 Å². The van der Waals surface area contributed by atoms with Crippen LogP contribution in [0.5, 0.6) is 11.5 Å². The minimum absolute atomic E-state index is 0.283. The van der Waals surface area contributed by atoms with Crippen LogP contribution in [0.1, 0.15) is 49.4 Å². The van der Waals surface area contributed by atoms with Crippen LogP contribution in [-0.2, 0) is 20.9 Å². The first-order valence-corrected chi connectivity index (χ1v) is 11.9. The molecule has 8 nitrogen and oxygen atoms in total. The molecule has 1 saturated carbocycles. The van der Waals surface area contributed by atoms with E-state index in [1.807, 2.05) is 39.0 Å². The lowest BCUT2D eigenvalue weighted by atomic mass is 9.90. The van der Waals surface area contributed by atoms with Gasteiger partial charge >= 0.3 is 5.97 Å². The number of aromatic nitrogens is 1. The van der Waals surface area contributed by atoms with E-state index in [0.29, 0.717) is 45.1 Å². The minimum Gasteiger partial charge on any atom is -0.496 e. The summed E-state index contributed by atoms with van der Waals surface area (Å²) in [6.07, 6.45) is 3.18. The molecular formula is C26H34N2O6. The summed E-state index contributed by atoms with van der Waals surface area (Å²) >= 11 is 0. The molecule has 0 radical (unpaired) electrons. The molecule has 4 rings (SSSR count). The monoisotopic (exact) mass is 470 g/mol. The lowest BCUT2D eigenvalue weighted by Crippen LogP contribution is -2.50. The van der Waals surface area contributed by atoms with Crippen molar-refractivity contribution in [3.63, 3.8) is 0 Å². The third-order valence-corrected chi connectivity index (χ3v) is 6.52. The molecule has 1 aromatic carbocycles. The van der Waals surface area contributed by atoms with Crippen LogP contribution < -0.4 is 14.8 Å². The fourth-order valence-electron chi connectivity index (χ4n) is 4.43. The molecule has 2 heterocycles. The maximum absolute atomic E-state index is 12.2. The number of anilines is 1. The van der Waals surface area contributed by atoms with Crippen LogP contribution in [0.25, 0.3) is 11.1 Å². The molecule has 0 spiro atoms. The number of nitrogens with zero attached hydrogens (tertiary/aromatic N) is 1. The van der Waals surface area contributed by atoms with Crippen LogP contribution in [0.15, 0.2) is 18.2 Å². The normalized spacial score (nSPS) is 17.3. The molecule has 0 unspecified atom stereocenters. The van der Waals surface area contributed by atoms with Crippen molar-refractivity contribution in [2.45, 2.75) is 64.7 Å². The van der Waals surface area contributed by atoms with E-state index >= 15 is 0 Å². The number of aryl methyl sites for hydroxylation is 1. The van der Waals surface area contributed by atoms with Crippen molar-refractivity contribution in [3.8, 4) is 22.6 Å². The Labute approximate surface area is 200 Å². The lowest BCUT2D eigenvalue weighted by Gasteiger charge is -2.34. The highest BCUT2D eigenvalue weighted by Crippen LogP contribution is 2.39. The molecule has 2 fully saturated rings. The predicted molar refractivity (Wildman–Crippen MR) is 129 cm³/mol. The van der Waals surface area contributed by atoms with E-state index in [-0.39, 0.29) is 6.10 Å². The van der Waals surface area contributed by atoms with Gasteiger partial charge in [0.2, 0.25) is 0 Å². The van der Waals surface area contributed by atoms with Gasteiger partial charge in [0.05, 0.1) is 26.4 Å². The van der Waals surface area contributed by atoms with Gasteiger partial charge in [-0.3, -0.25) is 0 Å². The molecule has 1 saturated heterocycles. The molecule has 184 valence electrons. The van der Waals surface area contributed by atoms with Crippen LogP contribution >= 0.6 is 0 Å². The Hall–Kier alpha value is -2.84. The second-order valence-electron chi connectivity index (χ2n) is 9.00. The molecule has 1 aliphatic heterocycles. The summed E-state index contributed by atoms with van der Waals surface area (Å²) in [4.78, 5) is 16.9. The summed E-state index contributed by atoms with van der Waals surface area (Å²) in [6, 6.07) is 5.92. The van der Waals surface area contributed by atoms with Gasteiger partial charge in [0, 0.05) is 42.9 Å². The summed E-state index contributed by atoms with van der Waals surface area (Å²) in [5.41, 5.74) is 3.44. The smallest absolute Gasteiger partial charge is 0.329 e. The van der Waals surface area contributed by atoms with E-state index in [1.54, 1.807) is 7.11 Å². The van der Waals surface area contributed by atoms with E-state index < -0.39 is 11.5 Å². The Morgan fingerprint density at radius 3 is 2.53 bits per heavy atom. The quantitative estimate of drug-likeness (QED) is 0.524. The second kappa shape index (κ2) is 10.2. The van der Waals surface area contributed by atoms with Crippen molar-refractivity contribution in [3.05, 3.63) is 35.0 Å². The number of hydrogen-bond acceptors (Lipinski definition) is 7. The summed E-state index contributed by atoms with van der Waals surface area (Å²) < 4.78 is 23.0. The third kappa shape index (κ3) is 5.13. The Balaban J connectivity index is 1.77. The van der Waals surface area contributed by atoms with Gasteiger partial charge in [0.15, 0.2) is 0 Å². The zero-order valence-corrected chi connectivity index (χ0v) is 20.4. The van der Waals surface area contributed by atoms with E-state index in [2.05, 4.69) is 5.32 Å². The fraction of sp³-hybridized carbons (Fsp3) is 0.538. The number of methoxy groups -OCH3 is 1. The molecule has 0 atom stereocenters. The van der Waals surface area contributed by atoms with E-state index in [0.717, 1.165) is 52.3 Å². The summed E-state index contributed by atoms with van der Waals surface area (Å²) in [6.45, 7) is 7.63.